The number of fused-ring (bicyclic) bond motifs is 1. The molecule has 4 rings (SSSR count). The number of carbonyl (C=O) groups is 1. The van der Waals surface area contributed by atoms with Gasteiger partial charge in [-0.1, -0.05) is 18.2 Å². The number of benzene rings is 2. The van der Waals surface area contributed by atoms with Gasteiger partial charge in [0, 0.05) is 6.04 Å². The van der Waals surface area contributed by atoms with Gasteiger partial charge in [-0.25, -0.2) is 8.42 Å². The van der Waals surface area contributed by atoms with Gasteiger partial charge in [0.2, 0.25) is 0 Å². The summed E-state index contributed by atoms with van der Waals surface area (Å²) in [4.78, 5) is 12.6. The van der Waals surface area contributed by atoms with E-state index in [1.165, 1.54) is 5.56 Å². The van der Waals surface area contributed by atoms with E-state index in [-0.39, 0.29) is 16.8 Å². The fourth-order valence-electron chi connectivity index (χ4n) is 3.34. The van der Waals surface area contributed by atoms with Gasteiger partial charge in [0.15, 0.2) is 0 Å². The van der Waals surface area contributed by atoms with E-state index >= 15 is 0 Å². The van der Waals surface area contributed by atoms with Crippen LogP contribution in [0.15, 0.2) is 47.4 Å². The summed E-state index contributed by atoms with van der Waals surface area (Å²) >= 11 is 0. The zero-order valence-electron chi connectivity index (χ0n) is 14.5. The van der Waals surface area contributed by atoms with Gasteiger partial charge in [0.05, 0.1) is 16.1 Å². The zero-order chi connectivity index (χ0) is 18.1. The van der Waals surface area contributed by atoms with Crippen LogP contribution in [-0.4, -0.2) is 20.4 Å². The van der Waals surface area contributed by atoms with E-state index in [2.05, 4.69) is 10.0 Å². The van der Waals surface area contributed by atoms with Gasteiger partial charge < -0.3 is 5.32 Å². The molecule has 2 aromatic rings. The highest BCUT2D eigenvalue weighted by molar-refractivity contribution is 7.92. The second-order valence-corrected chi connectivity index (χ2v) is 8.72. The van der Waals surface area contributed by atoms with Crippen molar-refractivity contribution >= 4 is 21.6 Å². The normalized spacial score (nSPS) is 16.6. The van der Waals surface area contributed by atoms with Crippen molar-refractivity contribution in [1.29, 1.82) is 0 Å². The summed E-state index contributed by atoms with van der Waals surface area (Å²) < 4.78 is 28.3. The Balaban J connectivity index is 1.61. The molecule has 0 saturated heterocycles. The van der Waals surface area contributed by atoms with Gasteiger partial charge in [-0.2, -0.15) is 0 Å². The van der Waals surface area contributed by atoms with Crippen LogP contribution in [0.1, 0.15) is 47.2 Å². The van der Waals surface area contributed by atoms with E-state index < -0.39 is 10.0 Å². The molecule has 5 nitrogen and oxygen atoms in total. The lowest BCUT2D eigenvalue weighted by atomic mass is 9.92. The molecule has 0 heterocycles. The fraction of sp³-hybridized carbons (Fsp3) is 0.350. The molecule has 0 aliphatic heterocycles. The smallest absolute Gasteiger partial charge is 0.261 e. The fourth-order valence-corrected chi connectivity index (χ4v) is 4.47. The van der Waals surface area contributed by atoms with Crippen LogP contribution in [0.4, 0.5) is 5.69 Å². The van der Waals surface area contributed by atoms with Crippen LogP contribution < -0.4 is 10.0 Å². The highest BCUT2D eigenvalue weighted by Crippen LogP contribution is 2.27. The molecule has 1 fully saturated rings. The molecular formula is C20H22N2O3S. The van der Waals surface area contributed by atoms with Crippen molar-refractivity contribution in [3.05, 3.63) is 59.2 Å². The third-order valence-corrected chi connectivity index (χ3v) is 6.32. The SMILES string of the molecule is O=C(NC1CC1)c1ccccc1NS(=O)(=O)c1ccc2c(c1)CCCC2. The monoisotopic (exact) mass is 370 g/mol. The van der Waals surface area contributed by atoms with Gasteiger partial charge in [-0.05, 0) is 73.9 Å². The number of nitrogens with one attached hydrogen (secondary N) is 2. The van der Waals surface area contributed by atoms with E-state index in [0.717, 1.165) is 44.1 Å². The number of rotatable bonds is 5. The van der Waals surface area contributed by atoms with Crippen LogP contribution in [0.25, 0.3) is 0 Å². The number of hydrogen-bond donors (Lipinski definition) is 2. The quantitative estimate of drug-likeness (QED) is 0.848. The largest absolute Gasteiger partial charge is 0.349 e. The first-order chi connectivity index (χ1) is 12.5. The minimum Gasteiger partial charge on any atom is -0.349 e. The van der Waals surface area contributed by atoms with Crippen molar-refractivity contribution in [2.24, 2.45) is 0 Å². The van der Waals surface area contributed by atoms with Crippen LogP contribution in [-0.2, 0) is 22.9 Å². The lowest BCUT2D eigenvalue weighted by Crippen LogP contribution is -2.27. The molecule has 26 heavy (non-hydrogen) atoms. The molecule has 0 unspecified atom stereocenters. The van der Waals surface area contributed by atoms with Gasteiger partial charge in [-0.3, -0.25) is 9.52 Å². The summed E-state index contributed by atoms with van der Waals surface area (Å²) in [6.07, 6.45) is 6.13. The van der Waals surface area contributed by atoms with Gasteiger partial charge in [0.25, 0.3) is 15.9 Å². The first-order valence-corrected chi connectivity index (χ1v) is 10.6. The average molecular weight is 370 g/mol. The summed E-state index contributed by atoms with van der Waals surface area (Å²) in [7, 11) is -3.75. The van der Waals surface area contributed by atoms with Crippen molar-refractivity contribution in [2.45, 2.75) is 49.5 Å². The van der Waals surface area contributed by atoms with E-state index in [1.807, 2.05) is 6.07 Å². The number of anilines is 1. The van der Waals surface area contributed by atoms with Crippen molar-refractivity contribution < 1.29 is 13.2 Å². The van der Waals surface area contributed by atoms with Crippen LogP contribution >= 0.6 is 0 Å². The summed E-state index contributed by atoms with van der Waals surface area (Å²) in [5.41, 5.74) is 3.00. The van der Waals surface area contributed by atoms with E-state index in [1.54, 1.807) is 36.4 Å². The Morgan fingerprint density at radius 3 is 2.46 bits per heavy atom. The number of sulfonamides is 1. The molecule has 0 bridgehead atoms. The van der Waals surface area contributed by atoms with E-state index in [4.69, 9.17) is 0 Å². The summed E-state index contributed by atoms with van der Waals surface area (Å²) in [6, 6.07) is 12.3. The van der Waals surface area contributed by atoms with Crippen LogP contribution in [0.3, 0.4) is 0 Å². The second kappa shape index (κ2) is 6.76. The average Bonchev–Trinajstić information content (AvgIpc) is 3.45. The van der Waals surface area contributed by atoms with Crippen molar-refractivity contribution in [3.63, 3.8) is 0 Å². The molecule has 2 N–H and O–H groups in total. The molecule has 0 atom stereocenters. The minimum absolute atomic E-state index is 0.216. The van der Waals surface area contributed by atoms with Gasteiger partial charge in [-0.15, -0.1) is 0 Å². The Hall–Kier alpha value is -2.34. The molecule has 2 aliphatic carbocycles. The standard InChI is InChI=1S/C20H22N2O3S/c23-20(21-16-10-11-16)18-7-3-4-8-19(18)22-26(24,25)17-12-9-14-5-1-2-6-15(14)13-17/h3-4,7-9,12-13,16,22H,1-2,5-6,10-11H2,(H,21,23). The Labute approximate surface area is 153 Å². The second-order valence-electron chi connectivity index (χ2n) is 7.04. The minimum atomic E-state index is -3.75. The molecule has 136 valence electrons. The third-order valence-electron chi connectivity index (χ3n) is 4.96. The Morgan fingerprint density at radius 2 is 1.69 bits per heavy atom. The maximum absolute atomic E-state index is 12.9. The molecular weight excluding hydrogens is 348 g/mol. The molecule has 1 amide bonds. The lowest BCUT2D eigenvalue weighted by molar-refractivity contribution is 0.0952. The number of para-hydroxylation sites is 1. The molecule has 0 radical (unpaired) electrons. The Morgan fingerprint density at radius 1 is 0.962 bits per heavy atom. The van der Waals surface area contributed by atoms with Gasteiger partial charge >= 0.3 is 0 Å². The highest BCUT2D eigenvalue weighted by Gasteiger charge is 2.26. The lowest BCUT2D eigenvalue weighted by Gasteiger charge is -2.17. The van der Waals surface area contributed by atoms with Gasteiger partial charge in [0.1, 0.15) is 0 Å². The van der Waals surface area contributed by atoms with Crippen LogP contribution in [0.5, 0.6) is 0 Å². The third kappa shape index (κ3) is 3.60. The summed E-state index contributed by atoms with van der Waals surface area (Å²) in [5, 5.41) is 2.90. The maximum Gasteiger partial charge on any atom is 0.261 e. The Kier molecular flexibility index (Phi) is 4.44. The van der Waals surface area contributed by atoms with E-state index in [9.17, 15) is 13.2 Å². The number of amides is 1. The van der Waals surface area contributed by atoms with E-state index in [0.29, 0.717) is 11.3 Å². The molecule has 2 aromatic carbocycles. The van der Waals surface area contributed by atoms with Crippen LogP contribution in [0, 0.1) is 0 Å². The van der Waals surface area contributed by atoms with Crippen molar-refractivity contribution in [2.75, 3.05) is 4.72 Å². The molecule has 0 spiro atoms. The first kappa shape index (κ1) is 17.1. The first-order valence-electron chi connectivity index (χ1n) is 9.07. The molecule has 2 aliphatic rings. The Bertz CT molecular complexity index is 949. The highest BCUT2D eigenvalue weighted by atomic mass is 32.2. The predicted molar refractivity (Wildman–Crippen MR) is 101 cm³/mol. The topological polar surface area (TPSA) is 75.3 Å². The summed E-state index contributed by atoms with van der Waals surface area (Å²) in [6.45, 7) is 0. The van der Waals surface area contributed by atoms with Crippen molar-refractivity contribution in [3.8, 4) is 0 Å². The zero-order valence-corrected chi connectivity index (χ0v) is 15.3. The van der Waals surface area contributed by atoms with Crippen molar-refractivity contribution in [1.82, 2.24) is 5.32 Å². The number of aryl methyl sites for hydroxylation is 2. The van der Waals surface area contributed by atoms with Crippen LogP contribution in [0.2, 0.25) is 0 Å². The molecule has 0 aromatic heterocycles. The molecule has 6 heteroatoms. The molecule has 1 saturated carbocycles. The number of hydrogen-bond acceptors (Lipinski definition) is 3. The maximum atomic E-state index is 12.9. The predicted octanol–water partition coefficient (Wildman–Crippen LogP) is 3.26. The number of carbonyl (C=O) groups excluding carboxylic acids is 1. The summed E-state index contributed by atoms with van der Waals surface area (Å²) in [5.74, 6) is -0.240.